The van der Waals surface area contributed by atoms with Gasteiger partial charge in [-0.25, -0.2) is 4.98 Å². The molecule has 5 nitrogen and oxygen atoms in total. The van der Waals surface area contributed by atoms with E-state index in [1.807, 2.05) is 29.6 Å². The van der Waals surface area contributed by atoms with Crippen molar-refractivity contribution in [3.8, 4) is 6.01 Å². The summed E-state index contributed by atoms with van der Waals surface area (Å²) in [5, 5.41) is 8.25. The molecule has 110 valence electrons. The van der Waals surface area contributed by atoms with Gasteiger partial charge in [0.05, 0.1) is 12.5 Å². The minimum absolute atomic E-state index is 0.462. The molecule has 0 aliphatic carbocycles. The summed E-state index contributed by atoms with van der Waals surface area (Å²) in [6.07, 6.45) is 0. The lowest BCUT2D eigenvalue weighted by Crippen LogP contribution is -1.98. The van der Waals surface area contributed by atoms with Crippen LogP contribution in [-0.2, 0) is 5.75 Å². The van der Waals surface area contributed by atoms with E-state index in [9.17, 15) is 0 Å². The Labute approximate surface area is 135 Å². The van der Waals surface area contributed by atoms with Crippen molar-refractivity contribution in [1.82, 2.24) is 19.6 Å². The molecule has 0 aliphatic heterocycles. The molecule has 0 saturated heterocycles. The molecule has 0 amide bonds. The van der Waals surface area contributed by atoms with Crippen LogP contribution in [0.15, 0.2) is 46.9 Å². The third-order valence-electron chi connectivity index (χ3n) is 3.25. The van der Waals surface area contributed by atoms with Crippen molar-refractivity contribution in [3.05, 3.63) is 47.3 Å². The maximum absolute atomic E-state index is 5.33. The fourth-order valence-electron chi connectivity index (χ4n) is 2.21. The lowest BCUT2D eigenvalue weighted by molar-refractivity contribution is 0.368. The van der Waals surface area contributed by atoms with Gasteiger partial charge in [-0.1, -0.05) is 42.1 Å². The van der Waals surface area contributed by atoms with E-state index in [1.165, 1.54) is 5.56 Å². The van der Waals surface area contributed by atoms with E-state index < -0.39 is 0 Å². The fraction of sp³-hybridized carbons (Fsp3) is 0.133. The summed E-state index contributed by atoms with van der Waals surface area (Å²) in [6.45, 7) is 0. The van der Waals surface area contributed by atoms with Gasteiger partial charge in [0.15, 0.2) is 5.65 Å². The minimum atomic E-state index is 0.462. The zero-order chi connectivity index (χ0) is 14.9. The largest absolute Gasteiger partial charge is 0.467 e. The summed E-state index contributed by atoms with van der Waals surface area (Å²) in [5.74, 6) is 0.834. The molecule has 3 heterocycles. The van der Waals surface area contributed by atoms with Gasteiger partial charge in [0, 0.05) is 5.75 Å². The molecule has 0 unspecified atom stereocenters. The lowest BCUT2D eigenvalue weighted by atomic mass is 10.2. The molecule has 0 atom stereocenters. The number of benzene rings is 1. The predicted octanol–water partition coefficient (Wildman–Crippen LogP) is 3.64. The van der Waals surface area contributed by atoms with Crippen LogP contribution in [0.4, 0.5) is 0 Å². The third-order valence-corrected chi connectivity index (χ3v) is 4.96. The second-order valence-electron chi connectivity index (χ2n) is 4.64. The molecule has 0 bridgehead atoms. The number of rotatable bonds is 4. The highest BCUT2D eigenvalue weighted by molar-refractivity contribution is 7.98. The Morgan fingerprint density at radius 1 is 1.18 bits per heavy atom. The maximum atomic E-state index is 5.33. The SMILES string of the molecule is COc1nc2sccc2c2nc(SCc3ccccc3)nn12. The van der Waals surface area contributed by atoms with Crippen LogP contribution >= 0.6 is 23.1 Å². The summed E-state index contributed by atoms with van der Waals surface area (Å²) in [4.78, 5) is 10.0. The van der Waals surface area contributed by atoms with Crippen LogP contribution in [0.1, 0.15) is 5.56 Å². The first kappa shape index (κ1) is 13.5. The molecule has 0 fully saturated rings. The van der Waals surface area contributed by atoms with Crippen molar-refractivity contribution in [2.24, 2.45) is 0 Å². The predicted molar refractivity (Wildman–Crippen MR) is 88.7 cm³/mol. The number of hydrogen-bond acceptors (Lipinski definition) is 6. The normalized spacial score (nSPS) is 11.3. The third kappa shape index (κ3) is 2.32. The zero-order valence-electron chi connectivity index (χ0n) is 11.8. The molecule has 0 saturated carbocycles. The van der Waals surface area contributed by atoms with Crippen molar-refractivity contribution in [1.29, 1.82) is 0 Å². The highest BCUT2D eigenvalue weighted by Gasteiger charge is 2.14. The van der Waals surface area contributed by atoms with Gasteiger partial charge in [0.2, 0.25) is 5.16 Å². The van der Waals surface area contributed by atoms with Gasteiger partial charge >= 0.3 is 6.01 Å². The average Bonchev–Trinajstić information content (AvgIpc) is 3.19. The Bertz CT molecular complexity index is 933. The molecule has 22 heavy (non-hydrogen) atoms. The molecule has 4 aromatic rings. The molecule has 3 aromatic heterocycles. The monoisotopic (exact) mass is 328 g/mol. The maximum Gasteiger partial charge on any atom is 0.320 e. The van der Waals surface area contributed by atoms with E-state index in [0.29, 0.717) is 6.01 Å². The first-order valence-electron chi connectivity index (χ1n) is 6.70. The molecule has 4 rings (SSSR count). The molecule has 7 heteroatoms. The summed E-state index contributed by atoms with van der Waals surface area (Å²) in [6, 6.07) is 12.8. The van der Waals surface area contributed by atoms with Gasteiger partial charge < -0.3 is 4.74 Å². The van der Waals surface area contributed by atoms with E-state index in [4.69, 9.17) is 4.74 Å². The Balaban J connectivity index is 1.73. The lowest BCUT2D eigenvalue weighted by Gasteiger charge is -2.00. The quantitative estimate of drug-likeness (QED) is 0.535. The van der Waals surface area contributed by atoms with Crippen molar-refractivity contribution in [2.45, 2.75) is 10.9 Å². The smallest absolute Gasteiger partial charge is 0.320 e. The molecule has 1 aromatic carbocycles. The molecule has 0 N–H and O–H groups in total. The van der Waals surface area contributed by atoms with Crippen LogP contribution < -0.4 is 4.74 Å². The second kappa shape index (κ2) is 5.58. The van der Waals surface area contributed by atoms with Crippen LogP contribution in [0.5, 0.6) is 6.01 Å². The van der Waals surface area contributed by atoms with Crippen LogP contribution in [0.25, 0.3) is 15.9 Å². The molecule has 0 aliphatic rings. The summed E-state index contributed by atoms with van der Waals surface area (Å²) in [5.41, 5.74) is 2.04. The number of thiophene rings is 1. The first-order valence-corrected chi connectivity index (χ1v) is 8.56. The zero-order valence-corrected chi connectivity index (χ0v) is 13.4. The van der Waals surface area contributed by atoms with Crippen LogP contribution in [0.3, 0.4) is 0 Å². The van der Waals surface area contributed by atoms with Gasteiger partial charge in [0.25, 0.3) is 0 Å². The number of hydrogen-bond donors (Lipinski definition) is 0. The summed E-state index contributed by atoms with van der Waals surface area (Å²) in [7, 11) is 1.60. The minimum Gasteiger partial charge on any atom is -0.467 e. The Morgan fingerprint density at radius 2 is 2.05 bits per heavy atom. The summed E-state index contributed by atoms with van der Waals surface area (Å²) >= 11 is 3.18. The standard InChI is InChI=1S/C15H12N4OS2/c1-20-15-17-13-11(7-8-21-13)12-16-14(18-19(12)15)22-9-10-5-3-2-4-6-10/h2-8H,9H2,1H3. The van der Waals surface area contributed by atoms with Gasteiger partial charge in [-0.2, -0.15) is 9.50 Å². The number of methoxy groups -OCH3 is 1. The number of nitrogens with zero attached hydrogens (tertiary/aromatic N) is 4. The Hall–Kier alpha value is -2.12. The molecule has 0 spiro atoms. The van der Waals surface area contributed by atoms with Crippen LogP contribution in [0, 0.1) is 0 Å². The number of aromatic nitrogens is 4. The van der Waals surface area contributed by atoms with Crippen LogP contribution in [-0.4, -0.2) is 26.7 Å². The van der Waals surface area contributed by atoms with Crippen molar-refractivity contribution < 1.29 is 4.74 Å². The van der Waals surface area contributed by atoms with Crippen molar-refractivity contribution >= 4 is 39.0 Å². The van der Waals surface area contributed by atoms with E-state index in [0.717, 1.165) is 26.8 Å². The molecular weight excluding hydrogens is 316 g/mol. The van der Waals surface area contributed by atoms with E-state index >= 15 is 0 Å². The van der Waals surface area contributed by atoms with Crippen molar-refractivity contribution in [3.63, 3.8) is 0 Å². The Kier molecular flexibility index (Phi) is 3.44. The van der Waals surface area contributed by atoms with Gasteiger partial charge in [0.1, 0.15) is 4.83 Å². The topological polar surface area (TPSA) is 52.3 Å². The number of ether oxygens (including phenoxy) is 1. The van der Waals surface area contributed by atoms with Gasteiger partial charge in [-0.05, 0) is 17.0 Å². The average molecular weight is 328 g/mol. The Morgan fingerprint density at radius 3 is 2.86 bits per heavy atom. The second-order valence-corrected chi connectivity index (χ2v) is 6.48. The van der Waals surface area contributed by atoms with Gasteiger partial charge in [-0.15, -0.1) is 16.4 Å². The number of fused-ring (bicyclic) bond motifs is 3. The van der Waals surface area contributed by atoms with E-state index in [-0.39, 0.29) is 0 Å². The molecular formula is C15H12N4OS2. The highest BCUT2D eigenvalue weighted by Crippen LogP contribution is 2.28. The fourth-order valence-corrected chi connectivity index (χ4v) is 3.74. The summed E-state index contributed by atoms with van der Waals surface area (Å²) < 4.78 is 7.00. The highest BCUT2D eigenvalue weighted by atomic mass is 32.2. The van der Waals surface area contributed by atoms with Gasteiger partial charge in [-0.3, -0.25) is 0 Å². The van der Waals surface area contributed by atoms with Crippen molar-refractivity contribution in [2.75, 3.05) is 7.11 Å². The van der Waals surface area contributed by atoms with Crippen LogP contribution in [0.2, 0.25) is 0 Å². The first-order chi connectivity index (χ1) is 10.8. The number of thioether (sulfide) groups is 1. The van der Waals surface area contributed by atoms with E-state index in [1.54, 1.807) is 34.7 Å². The molecule has 0 radical (unpaired) electrons. The van der Waals surface area contributed by atoms with E-state index in [2.05, 4.69) is 27.2 Å².